The van der Waals surface area contributed by atoms with E-state index in [4.69, 9.17) is 9.47 Å². The maximum absolute atomic E-state index is 12.5. The Balaban J connectivity index is 1.47. The molecule has 0 saturated carbocycles. The molecular weight excluding hydrogens is 699 g/mol. The highest BCUT2D eigenvalue weighted by Crippen LogP contribution is 2.57. The second-order valence-corrected chi connectivity index (χ2v) is 13.1. The van der Waals surface area contributed by atoms with E-state index >= 15 is 0 Å². The minimum absolute atomic E-state index is 0.309. The Hall–Kier alpha value is -2.66. The van der Waals surface area contributed by atoms with E-state index in [1.165, 1.54) is 6.07 Å². The first kappa shape index (κ1) is 31.3. The molecule has 1 amide bonds. The van der Waals surface area contributed by atoms with E-state index in [0.29, 0.717) is 14.8 Å². The molecule has 3 N–H and O–H groups in total. The molecule has 0 spiro atoms. The van der Waals surface area contributed by atoms with Crippen LogP contribution in [-0.4, -0.2) is 45.7 Å². The maximum atomic E-state index is 12.5. The molecular formula is C23H22IN3O12P2-2. The van der Waals surface area contributed by atoms with E-state index in [-0.39, 0.29) is 0 Å². The van der Waals surface area contributed by atoms with Crippen molar-refractivity contribution < 1.29 is 47.1 Å². The maximum Gasteiger partial charge on any atom is 0.412 e. The number of phosphoric acid groups is 1. The number of rotatable bonds is 10. The highest BCUT2D eigenvalue weighted by molar-refractivity contribution is 14.1. The van der Waals surface area contributed by atoms with Crippen molar-refractivity contribution in [3.05, 3.63) is 96.8 Å². The number of nitrogens with one attached hydrogen (secondary N) is 2. The van der Waals surface area contributed by atoms with E-state index in [0.717, 1.165) is 16.8 Å². The third-order valence-electron chi connectivity index (χ3n) is 5.64. The summed E-state index contributed by atoms with van der Waals surface area (Å²) in [6.07, 6.45) is -7.23. The van der Waals surface area contributed by atoms with Gasteiger partial charge in [0.1, 0.15) is 19.8 Å². The van der Waals surface area contributed by atoms with Gasteiger partial charge in [0, 0.05) is 27.7 Å². The van der Waals surface area contributed by atoms with E-state index in [1.807, 2.05) is 27.6 Å². The van der Waals surface area contributed by atoms with Crippen LogP contribution in [0, 0.1) is 3.57 Å². The van der Waals surface area contributed by atoms with Gasteiger partial charge in [-0.2, -0.15) is 0 Å². The average molecular weight is 721 g/mol. The first-order valence-corrected chi connectivity index (χ1v) is 16.0. The van der Waals surface area contributed by atoms with Crippen molar-refractivity contribution in [2.45, 2.75) is 30.7 Å². The summed E-state index contributed by atoms with van der Waals surface area (Å²) in [6.45, 7) is -0.973. The molecule has 1 fully saturated rings. The van der Waals surface area contributed by atoms with Gasteiger partial charge in [0.25, 0.3) is 13.4 Å². The van der Waals surface area contributed by atoms with Gasteiger partial charge in [0.2, 0.25) is 0 Å². The summed E-state index contributed by atoms with van der Waals surface area (Å²) in [5.74, 6) is 0. The monoisotopic (exact) mass is 721 g/mol. The molecule has 1 aliphatic heterocycles. The van der Waals surface area contributed by atoms with Crippen LogP contribution in [0.5, 0.6) is 0 Å². The van der Waals surface area contributed by atoms with Crippen LogP contribution < -0.4 is 26.4 Å². The van der Waals surface area contributed by atoms with Crippen molar-refractivity contribution in [2.75, 3.05) is 11.9 Å². The summed E-state index contributed by atoms with van der Waals surface area (Å²) >= 11 is 1.89. The van der Waals surface area contributed by atoms with Crippen LogP contribution in [0.2, 0.25) is 0 Å². The van der Waals surface area contributed by atoms with E-state index in [2.05, 4.69) is 14.2 Å². The van der Waals surface area contributed by atoms with Gasteiger partial charge >= 0.3 is 11.8 Å². The molecule has 220 valence electrons. The minimum atomic E-state index is -5.50. The quantitative estimate of drug-likeness (QED) is 0.199. The van der Waals surface area contributed by atoms with Crippen LogP contribution in [0.25, 0.3) is 0 Å². The third kappa shape index (κ3) is 8.44. The van der Waals surface area contributed by atoms with Crippen molar-refractivity contribution >= 4 is 49.8 Å². The van der Waals surface area contributed by atoms with Crippen LogP contribution in [-0.2, 0) is 33.6 Å². The first-order valence-electron chi connectivity index (χ1n) is 11.7. The summed E-state index contributed by atoms with van der Waals surface area (Å²) in [5, 5.41) is 13.3. The number of para-hydroxylation sites is 1. The molecule has 3 aromatic rings. The summed E-state index contributed by atoms with van der Waals surface area (Å²) in [7, 11) is -10.5. The predicted molar refractivity (Wildman–Crippen MR) is 147 cm³/mol. The standard InChI is InChI=1S/C23H24IN3O12P2/c24-16-9-5-4-6-14(16)13-40(32,33)39-41(34,35)36-12-17-19(29)20(38-23(31)25-15-7-2-1-3-8-15)21(37-17)27-11-10-18(28)26-22(27)30/h1-11,17,19-21,29H,12-13H2,(H,25,31)(H,32,33)(H,34,35)(H,26,28,30)/p-2/t17-,19?,20+,21-/m1/s1. The highest BCUT2D eigenvalue weighted by atomic mass is 127. The highest BCUT2D eigenvalue weighted by Gasteiger charge is 2.48. The second kappa shape index (κ2) is 13.1. The van der Waals surface area contributed by atoms with Crippen molar-refractivity contribution in [2.24, 2.45) is 0 Å². The number of ether oxygens (including phenoxy) is 2. The van der Waals surface area contributed by atoms with Crippen LogP contribution in [0.3, 0.4) is 0 Å². The molecule has 3 unspecified atom stereocenters. The molecule has 0 aliphatic carbocycles. The molecule has 18 heteroatoms. The fourth-order valence-corrected chi connectivity index (χ4v) is 7.37. The molecule has 2 heterocycles. The van der Waals surface area contributed by atoms with Crippen LogP contribution >= 0.6 is 38.0 Å². The minimum Gasteiger partial charge on any atom is -0.778 e. The lowest BCUT2D eigenvalue weighted by Gasteiger charge is -2.32. The SMILES string of the molecule is O=C(Nc1ccccc1)O[C@H]1C(O)[C@@H](COP(=O)([O-])OP(=O)([O-])Cc2ccccc2I)O[C@H]1n1ccc(=O)[nH]c1=O. The number of carbonyl (C=O) groups is 1. The fourth-order valence-electron chi connectivity index (χ4n) is 3.83. The summed E-state index contributed by atoms with van der Waals surface area (Å²) < 4.78 is 46.0. The van der Waals surface area contributed by atoms with E-state index in [9.17, 15) is 38.4 Å². The number of hydrogen-bond donors (Lipinski definition) is 3. The number of H-pyrrole nitrogens is 1. The Morgan fingerprint density at radius 3 is 2.46 bits per heavy atom. The Bertz CT molecular complexity index is 1600. The Kier molecular flexibility index (Phi) is 10.00. The number of nitrogens with zero attached hydrogens (tertiary/aromatic N) is 1. The van der Waals surface area contributed by atoms with E-state index in [1.54, 1.807) is 48.5 Å². The number of aromatic amines is 1. The number of phosphoric ester groups is 1. The molecule has 1 aliphatic rings. The first-order chi connectivity index (χ1) is 19.3. The Morgan fingerprint density at radius 1 is 1.10 bits per heavy atom. The Labute approximate surface area is 245 Å². The van der Waals surface area contributed by atoms with Gasteiger partial charge in [0.15, 0.2) is 12.3 Å². The topological polar surface area (TPSA) is 221 Å². The Morgan fingerprint density at radius 2 is 1.78 bits per heavy atom. The third-order valence-corrected chi connectivity index (χ3v) is 9.69. The number of halogens is 1. The fraction of sp³-hybridized carbons (Fsp3) is 0.261. The van der Waals surface area contributed by atoms with Crippen molar-refractivity contribution in [1.82, 2.24) is 9.55 Å². The molecule has 0 bridgehead atoms. The number of hydrogen-bond acceptors (Lipinski definition) is 12. The zero-order valence-corrected chi connectivity index (χ0v) is 24.7. The summed E-state index contributed by atoms with van der Waals surface area (Å²) in [5.41, 5.74) is -1.06. The number of benzene rings is 2. The molecule has 1 aromatic heterocycles. The molecule has 15 nitrogen and oxygen atoms in total. The largest absolute Gasteiger partial charge is 0.778 e. The number of aliphatic hydroxyl groups is 1. The van der Waals surface area contributed by atoms with Crippen molar-refractivity contribution in [3.8, 4) is 0 Å². The molecule has 6 atom stereocenters. The number of aliphatic hydroxyl groups excluding tert-OH is 1. The summed E-state index contributed by atoms with van der Waals surface area (Å²) in [4.78, 5) is 63.2. The van der Waals surface area contributed by atoms with Gasteiger partial charge in [-0.1, -0.05) is 36.4 Å². The zero-order chi connectivity index (χ0) is 29.8. The van der Waals surface area contributed by atoms with Crippen molar-refractivity contribution in [1.29, 1.82) is 0 Å². The normalized spacial score (nSPS) is 23.3. The lowest BCUT2D eigenvalue weighted by atomic mass is 10.1. The van der Waals surface area contributed by atoms with Gasteiger partial charge in [0.05, 0.1) is 6.61 Å². The van der Waals surface area contributed by atoms with E-state index < -0.39 is 70.1 Å². The predicted octanol–water partition coefficient (Wildman–Crippen LogP) is 1.27. The van der Waals surface area contributed by atoms with Crippen LogP contribution in [0.1, 0.15) is 11.8 Å². The molecule has 41 heavy (non-hydrogen) atoms. The zero-order valence-electron chi connectivity index (χ0n) is 20.7. The van der Waals surface area contributed by atoms with Gasteiger partial charge in [-0.3, -0.25) is 28.5 Å². The molecule has 4 rings (SSSR count). The average Bonchev–Trinajstić information content (AvgIpc) is 3.18. The summed E-state index contributed by atoms with van der Waals surface area (Å²) in [6, 6.07) is 15.5. The number of aromatic nitrogens is 2. The molecule has 1 saturated heterocycles. The second-order valence-electron chi connectivity index (χ2n) is 8.62. The molecule has 2 aromatic carbocycles. The van der Waals surface area contributed by atoms with Gasteiger partial charge < -0.3 is 33.5 Å². The van der Waals surface area contributed by atoms with Crippen molar-refractivity contribution in [3.63, 3.8) is 0 Å². The van der Waals surface area contributed by atoms with Crippen LogP contribution in [0.4, 0.5) is 10.5 Å². The lowest BCUT2D eigenvalue weighted by Crippen LogP contribution is -2.41. The number of amides is 1. The van der Waals surface area contributed by atoms with Gasteiger partial charge in [-0.05, 0) is 46.4 Å². The number of carbonyl (C=O) groups excluding carboxylic acids is 1. The van der Waals surface area contributed by atoms with Gasteiger partial charge in [-0.25, -0.2) is 9.59 Å². The number of anilines is 1. The van der Waals surface area contributed by atoms with Gasteiger partial charge in [-0.15, -0.1) is 0 Å². The van der Waals surface area contributed by atoms with Crippen LogP contribution in [0.15, 0.2) is 76.4 Å². The smallest absolute Gasteiger partial charge is 0.412 e. The lowest BCUT2D eigenvalue weighted by molar-refractivity contribution is -0.234. The molecule has 0 radical (unpaired) electrons.